The summed E-state index contributed by atoms with van der Waals surface area (Å²) < 4.78 is 27.0. The number of thioether (sulfide) groups is 1. The zero-order chi connectivity index (χ0) is 17.2. The fourth-order valence-corrected chi connectivity index (χ4v) is 3.76. The number of nitrogens with one attached hydrogen (secondary N) is 1. The summed E-state index contributed by atoms with van der Waals surface area (Å²) in [5.74, 6) is 0.746. The number of nitrogens with zero attached hydrogens (tertiary/aromatic N) is 5. The molecule has 0 atom stereocenters. The molecule has 3 rings (SSSR count). The minimum Gasteiger partial charge on any atom is -0.364 e. The highest BCUT2D eigenvalue weighted by atomic mass is 32.2. The van der Waals surface area contributed by atoms with E-state index in [1.807, 2.05) is 23.1 Å². The molecular weight excluding hydrogens is 348 g/mol. The molecule has 2 aromatic heterocycles. The monoisotopic (exact) mass is 368 g/mol. The second-order valence-corrected chi connectivity index (χ2v) is 8.34. The summed E-state index contributed by atoms with van der Waals surface area (Å²) in [7, 11) is -3.19. The van der Waals surface area contributed by atoms with Crippen LogP contribution in [0.2, 0.25) is 0 Å². The first-order valence-corrected chi connectivity index (χ1v) is 10.6. The van der Waals surface area contributed by atoms with Gasteiger partial charge in [-0.25, -0.2) is 18.4 Å². The van der Waals surface area contributed by atoms with Gasteiger partial charge in [0.25, 0.3) is 0 Å². The summed E-state index contributed by atoms with van der Waals surface area (Å²) in [4.78, 5) is 8.50. The van der Waals surface area contributed by atoms with Crippen molar-refractivity contribution < 1.29 is 8.42 Å². The van der Waals surface area contributed by atoms with Crippen LogP contribution in [0.1, 0.15) is 17.8 Å². The number of sulfonamides is 1. The van der Waals surface area contributed by atoms with Gasteiger partial charge < -0.3 is 5.32 Å². The Kier molecular flexibility index (Phi) is 5.07. The predicted octanol–water partition coefficient (Wildman–Crippen LogP) is 1.17. The van der Waals surface area contributed by atoms with E-state index in [0.29, 0.717) is 24.8 Å². The first kappa shape index (κ1) is 17.2. The normalized spacial score (nSPS) is 15.8. The number of aryl methyl sites for hydroxylation is 1. The third kappa shape index (κ3) is 4.05. The van der Waals surface area contributed by atoms with Gasteiger partial charge in [-0.2, -0.15) is 9.40 Å². The number of hydrogen-bond donors (Lipinski definition) is 1. The van der Waals surface area contributed by atoms with Crippen LogP contribution in [0.5, 0.6) is 0 Å². The van der Waals surface area contributed by atoms with Crippen LogP contribution in [0.15, 0.2) is 23.5 Å². The van der Waals surface area contributed by atoms with Crippen LogP contribution in [0, 0.1) is 0 Å². The Labute approximate surface area is 145 Å². The number of rotatable bonds is 5. The largest absolute Gasteiger partial charge is 0.364 e. The molecule has 3 heterocycles. The number of hydrogen-bond acceptors (Lipinski definition) is 7. The lowest BCUT2D eigenvalue weighted by atomic mass is 10.3. The second kappa shape index (κ2) is 7.08. The molecule has 0 saturated carbocycles. The van der Waals surface area contributed by atoms with E-state index in [9.17, 15) is 8.42 Å². The quantitative estimate of drug-likeness (QED) is 0.625. The minimum atomic E-state index is -3.19. The SMILES string of the molecule is CSc1nccc(NCc2cc3n(n2)CCCN(S(C)(=O)=O)C3)n1. The molecule has 8 nitrogen and oxygen atoms in total. The van der Waals surface area contributed by atoms with Crippen molar-refractivity contribution in [3.05, 3.63) is 29.7 Å². The Morgan fingerprint density at radius 3 is 2.96 bits per heavy atom. The standard InChI is InChI=1S/C14H20N6O2S2/c1-23-14-15-5-4-13(17-14)16-9-11-8-12-10-19(24(2,21)22)6-3-7-20(12)18-11/h4-5,8H,3,6-7,9-10H2,1-2H3,(H,15,16,17). The lowest BCUT2D eigenvalue weighted by molar-refractivity contribution is 0.414. The van der Waals surface area contributed by atoms with Gasteiger partial charge in [0.05, 0.1) is 30.7 Å². The van der Waals surface area contributed by atoms with Crippen molar-refractivity contribution in [2.75, 3.05) is 24.4 Å². The van der Waals surface area contributed by atoms with Crippen LogP contribution in [0.3, 0.4) is 0 Å². The molecular formula is C14H20N6O2S2. The van der Waals surface area contributed by atoms with Crippen LogP contribution in [0.25, 0.3) is 0 Å². The smallest absolute Gasteiger partial charge is 0.211 e. The highest BCUT2D eigenvalue weighted by Crippen LogP contribution is 2.17. The average Bonchev–Trinajstić information content (AvgIpc) is 2.82. The van der Waals surface area contributed by atoms with Gasteiger partial charge >= 0.3 is 0 Å². The molecule has 1 aliphatic rings. The van der Waals surface area contributed by atoms with Crippen molar-refractivity contribution in [1.82, 2.24) is 24.1 Å². The molecule has 2 aromatic rings. The van der Waals surface area contributed by atoms with Gasteiger partial charge in [-0.15, -0.1) is 0 Å². The summed E-state index contributed by atoms with van der Waals surface area (Å²) in [5, 5.41) is 8.51. The van der Waals surface area contributed by atoms with E-state index in [2.05, 4.69) is 20.4 Å². The zero-order valence-corrected chi connectivity index (χ0v) is 15.3. The van der Waals surface area contributed by atoms with Gasteiger partial charge in [-0.05, 0) is 24.8 Å². The second-order valence-electron chi connectivity index (χ2n) is 5.58. The summed E-state index contributed by atoms with van der Waals surface area (Å²) >= 11 is 1.49. The first-order valence-electron chi connectivity index (χ1n) is 7.57. The molecule has 0 unspecified atom stereocenters. The summed E-state index contributed by atoms with van der Waals surface area (Å²) in [6, 6.07) is 3.76. The molecule has 0 fully saturated rings. The van der Waals surface area contributed by atoms with Crippen molar-refractivity contribution >= 4 is 27.6 Å². The fraction of sp³-hybridized carbons (Fsp3) is 0.500. The Morgan fingerprint density at radius 2 is 2.21 bits per heavy atom. The van der Waals surface area contributed by atoms with Gasteiger partial charge in [-0.3, -0.25) is 4.68 Å². The molecule has 0 aromatic carbocycles. The van der Waals surface area contributed by atoms with E-state index in [1.165, 1.54) is 22.3 Å². The van der Waals surface area contributed by atoms with Gasteiger partial charge in [0.15, 0.2) is 5.16 Å². The zero-order valence-electron chi connectivity index (χ0n) is 13.6. The Hall–Kier alpha value is -1.65. The summed E-state index contributed by atoms with van der Waals surface area (Å²) in [5.41, 5.74) is 1.78. The molecule has 0 spiro atoms. The highest BCUT2D eigenvalue weighted by molar-refractivity contribution is 7.98. The number of anilines is 1. The topological polar surface area (TPSA) is 93.0 Å². The highest BCUT2D eigenvalue weighted by Gasteiger charge is 2.22. The maximum absolute atomic E-state index is 11.8. The predicted molar refractivity (Wildman–Crippen MR) is 93.2 cm³/mol. The number of fused-ring (bicyclic) bond motifs is 1. The van der Waals surface area contributed by atoms with Gasteiger partial charge in [0.2, 0.25) is 10.0 Å². The van der Waals surface area contributed by atoms with Crippen molar-refractivity contribution in [3.63, 3.8) is 0 Å². The lowest BCUT2D eigenvalue weighted by Gasteiger charge is -2.16. The Morgan fingerprint density at radius 1 is 1.38 bits per heavy atom. The van der Waals surface area contributed by atoms with Crippen LogP contribution in [-0.4, -0.2) is 51.5 Å². The molecule has 24 heavy (non-hydrogen) atoms. The average molecular weight is 368 g/mol. The molecule has 130 valence electrons. The maximum Gasteiger partial charge on any atom is 0.211 e. The minimum absolute atomic E-state index is 0.371. The summed E-state index contributed by atoms with van der Waals surface area (Å²) in [6.45, 7) is 2.17. The molecule has 0 saturated heterocycles. The van der Waals surface area contributed by atoms with Crippen molar-refractivity contribution in [2.24, 2.45) is 0 Å². The van der Waals surface area contributed by atoms with E-state index in [4.69, 9.17) is 0 Å². The number of aromatic nitrogens is 4. The van der Waals surface area contributed by atoms with Gasteiger partial charge in [0, 0.05) is 19.3 Å². The van der Waals surface area contributed by atoms with Crippen LogP contribution in [0.4, 0.5) is 5.82 Å². The van der Waals surface area contributed by atoms with Crippen LogP contribution in [-0.2, 0) is 29.7 Å². The van der Waals surface area contributed by atoms with Crippen molar-refractivity contribution in [1.29, 1.82) is 0 Å². The molecule has 10 heteroatoms. The summed E-state index contributed by atoms with van der Waals surface area (Å²) in [6.07, 6.45) is 5.66. The maximum atomic E-state index is 11.8. The van der Waals surface area contributed by atoms with E-state index >= 15 is 0 Å². The Bertz CT molecular complexity index is 820. The van der Waals surface area contributed by atoms with Crippen molar-refractivity contribution in [3.8, 4) is 0 Å². The van der Waals surface area contributed by atoms with E-state index in [0.717, 1.165) is 30.2 Å². The van der Waals surface area contributed by atoms with E-state index in [-0.39, 0.29) is 0 Å². The third-order valence-electron chi connectivity index (χ3n) is 3.77. The third-order valence-corrected chi connectivity index (χ3v) is 5.58. The molecule has 1 aliphatic heterocycles. The van der Waals surface area contributed by atoms with Crippen molar-refractivity contribution in [2.45, 2.75) is 31.2 Å². The molecule has 0 bridgehead atoms. The van der Waals surface area contributed by atoms with Crippen LogP contribution >= 0.6 is 11.8 Å². The molecule has 0 aliphatic carbocycles. The Balaban J connectivity index is 1.71. The first-order chi connectivity index (χ1) is 11.5. The molecule has 1 N–H and O–H groups in total. The fourth-order valence-electron chi connectivity index (χ4n) is 2.58. The van der Waals surface area contributed by atoms with Gasteiger partial charge in [-0.1, -0.05) is 11.8 Å². The molecule has 0 amide bonds. The lowest BCUT2D eigenvalue weighted by Crippen LogP contribution is -2.29. The van der Waals surface area contributed by atoms with E-state index < -0.39 is 10.0 Å². The van der Waals surface area contributed by atoms with Crippen LogP contribution < -0.4 is 5.32 Å². The van der Waals surface area contributed by atoms with Gasteiger partial charge in [0.1, 0.15) is 5.82 Å². The molecule has 0 radical (unpaired) electrons. The van der Waals surface area contributed by atoms with E-state index in [1.54, 1.807) is 6.20 Å².